The maximum Gasteiger partial charge on any atom is 0.337 e. The highest BCUT2D eigenvalue weighted by atomic mass is 32.2. The van der Waals surface area contributed by atoms with E-state index >= 15 is 0 Å². The molecule has 2 aromatic carbocycles. The van der Waals surface area contributed by atoms with Crippen molar-refractivity contribution in [2.45, 2.75) is 11.8 Å². The van der Waals surface area contributed by atoms with Gasteiger partial charge in [-0.15, -0.1) is 0 Å². The Bertz CT molecular complexity index is 1280. The Balaban J connectivity index is 2.02. The highest BCUT2D eigenvalue weighted by Gasteiger charge is 2.22. The number of aryl methyl sites for hydroxylation is 2. The molecule has 9 heteroatoms. The normalized spacial score (nSPS) is 11.3. The lowest BCUT2D eigenvalue weighted by Crippen LogP contribution is -2.19. The lowest BCUT2D eigenvalue weighted by Gasteiger charge is -2.14. The van der Waals surface area contributed by atoms with Gasteiger partial charge in [-0.1, -0.05) is 0 Å². The van der Waals surface area contributed by atoms with Gasteiger partial charge in [-0.25, -0.2) is 13.2 Å². The number of esters is 1. The third-order valence-electron chi connectivity index (χ3n) is 4.53. The molecule has 0 aliphatic heterocycles. The summed E-state index contributed by atoms with van der Waals surface area (Å²) in [5, 5.41) is 0.720. The summed E-state index contributed by atoms with van der Waals surface area (Å²) in [6.45, 7) is 1.70. The van der Waals surface area contributed by atoms with Crippen LogP contribution in [-0.2, 0) is 21.8 Å². The van der Waals surface area contributed by atoms with E-state index in [2.05, 4.69) is 9.46 Å². The fourth-order valence-corrected chi connectivity index (χ4v) is 4.25. The molecule has 0 fully saturated rings. The molecule has 1 heterocycles. The van der Waals surface area contributed by atoms with Gasteiger partial charge in [-0.3, -0.25) is 9.52 Å². The second-order valence-electron chi connectivity index (χ2n) is 6.43. The number of anilines is 1. The van der Waals surface area contributed by atoms with Crippen molar-refractivity contribution in [3.05, 3.63) is 63.9 Å². The van der Waals surface area contributed by atoms with Crippen LogP contribution in [0.3, 0.4) is 0 Å². The number of hydrogen-bond donors (Lipinski definition) is 1. The van der Waals surface area contributed by atoms with Crippen molar-refractivity contribution in [1.82, 2.24) is 4.57 Å². The monoisotopic (exact) mass is 416 g/mol. The van der Waals surface area contributed by atoms with E-state index in [-0.39, 0.29) is 21.8 Å². The highest BCUT2D eigenvalue weighted by Crippen LogP contribution is 2.28. The Morgan fingerprint density at radius 2 is 1.79 bits per heavy atom. The van der Waals surface area contributed by atoms with Crippen LogP contribution in [0.5, 0.6) is 5.75 Å². The molecule has 29 heavy (non-hydrogen) atoms. The average Bonchev–Trinajstić information content (AvgIpc) is 2.70. The largest absolute Gasteiger partial charge is 0.495 e. The minimum absolute atomic E-state index is 0.0134. The molecule has 0 bridgehead atoms. The van der Waals surface area contributed by atoms with Gasteiger partial charge in [0.2, 0.25) is 0 Å². The van der Waals surface area contributed by atoms with Crippen LogP contribution in [-0.4, -0.2) is 33.2 Å². The van der Waals surface area contributed by atoms with Crippen LogP contribution in [0.4, 0.5) is 5.69 Å². The third kappa shape index (κ3) is 3.81. The molecule has 0 saturated heterocycles. The number of sulfonamides is 1. The fraction of sp³-hybridized carbons (Fsp3) is 0.200. The first-order valence-electron chi connectivity index (χ1n) is 8.57. The Kier molecular flexibility index (Phi) is 5.34. The van der Waals surface area contributed by atoms with E-state index in [0.29, 0.717) is 16.8 Å². The first kappa shape index (κ1) is 20.4. The first-order valence-corrected chi connectivity index (χ1v) is 10.1. The molecular weight excluding hydrogens is 396 g/mol. The SMILES string of the molecule is COC(=O)c1ccc(S(=O)(=O)Nc2ccc3c(c2)cc(C)c(=O)n3C)c(OC)c1. The quantitative estimate of drug-likeness (QED) is 0.641. The summed E-state index contributed by atoms with van der Waals surface area (Å²) in [5.74, 6) is -0.588. The molecule has 0 aliphatic carbocycles. The molecule has 1 N–H and O–H groups in total. The standard InChI is InChI=1S/C20H20N2O6S/c1-12-9-14-10-15(6-7-16(14)22(2)19(12)23)21-29(25,26)18-8-5-13(20(24)28-4)11-17(18)27-3/h5-11,21H,1-4H3. The maximum atomic E-state index is 12.9. The Labute approximate surface area is 167 Å². The molecular formula is C20H20N2O6S. The number of carbonyl (C=O) groups is 1. The van der Waals surface area contributed by atoms with Crippen molar-refractivity contribution in [1.29, 1.82) is 0 Å². The van der Waals surface area contributed by atoms with Gasteiger partial charge in [0.25, 0.3) is 15.6 Å². The van der Waals surface area contributed by atoms with Crippen LogP contribution in [0.2, 0.25) is 0 Å². The number of pyridine rings is 1. The fourth-order valence-electron chi connectivity index (χ4n) is 3.05. The van der Waals surface area contributed by atoms with Gasteiger partial charge in [0.05, 0.1) is 25.3 Å². The van der Waals surface area contributed by atoms with Gasteiger partial charge in [-0.05, 0) is 49.4 Å². The number of fused-ring (bicyclic) bond motifs is 1. The molecule has 0 saturated carbocycles. The number of carbonyl (C=O) groups excluding carboxylic acids is 1. The molecule has 3 rings (SSSR count). The molecule has 0 atom stereocenters. The number of benzene rings is 2. The minimum atomic E-state index is -4.00. The Morgan fingerprint density at radius 1 is 1.07 bits per heavy atom. The van der Waals surface area contributed by atoms with E-state index in [0.717, 1.165) is 5.39 Å². The summed E-state index contributed by atoms with van der Waals surface area (Å²) in [7, 11) is 0.213. The van der Waals surface area contributed by atoms with Crippen LogP contribution in [0.15, 0.2) is 52.2 Å². The first-order chi connectivity index (χ1) is 13.7. The topological polar surface area (TPSA) is 104 Å². The number of aromatic nitrogens is 1. The molecule has 0 unspecified atom stereocenters. The summed E-state index contributed by atoms with van der Waals surface area (Å²) in [6.07, 6.45) is 0. The molecule has 0 aliphatic rings. The molecule has 0 spiro atoms. The summed E-state index contributed by atoms with van der Waals surface area (Å²) >= 11 is 0. The zero-order valence-corrected chi connectivity index (χ0v) is 17.2. The Hall–Kier alpha value is -3.33. The smallest absolute Gasteiger partial charge is 0.337 e. The number of nitrogens with zero attached hydrogens (tertiary/aromatic N) is 1. The van der Waals surface area contributed by atoms with Crippen molar-refractivity contribution in [3.8, 4) is 5.75 Å². The zero-order valence-electron chi connectivity index (χ0n) is 16.3. The summed E-state index contributed by atoms with van der Waals surface area (Å²) in [4.78, 5) is 23.6. The number of ether oxygens (including phenoxy) is 2. The second-order valence-corrected chi connectivity index (χ2v) is 8.08. The van der Waals surface area contributed by atoms with Crippen molar-refractivity contribution in [3.63, 3.8) is 0 Å². The lowest BCUT2D eigenvalue weighted by molar-refractivity contribution is 0.0600. The van der Waals surface area contributed by atoms with Gasteiger partial charge in [0, 0.05) is 23.7 Å². The van der Waals surface area contributed by atoms with E-state index < -0.39 is 16.0 Å². The predicted molar refractivity (Wildman–Crippen MR) is 109 cm³/mol. The van der Waals surface area contributed by atoms with Crippen LogP contribution in [0, 0.1) is 6.92 Å². The van der Waals surface area contributed by atoms with Crippen LogP contribution < -0.4 is 15.0 Å². The number of rotatable bonds is 5. The maximum absolute atomic E-state index is 12.9. The molecule has 3 aromatic rings. The number of hydrogen-bond acceptors (Lipinski definition) is 6. The van der Waals surface area contributed by atoms with Crippen molar-refractivity contribution >= 4 is 32.6 Å². The van der Waals surface area contributed by atoms with E-state index in [1.165, 1.54) is 37.0 Å². The molecule has 152 valence electrons. The molecule has 1 aromatic heterocycles. The summed E-state index contributed by atoms with van der Waals surface area (Å²) in [6, 6.07) is 10.5. The van der Waals surface area contributed by atoms with Gasteiger partial charge >= 0.3 is 5.97 Å². The molecule has 0 radical (unpaired) electrons. The van der Waals surface area contributed by atoms with Gasteiger partial charge in [0.1, 0.15) is 10.6 Å². The molecule has 0 amide bonds. The second kappa shape index (κ2) is 7.59. The zero-order chi connectivity index (χ0) is 21.3. The number of nitrogens with one attached hydrogen (secondary N) is 1. The lowest BCUT2D eigenvalue weighted by atomic mass is 10.1. The highest BCUT2D eigenvalue weighted by molar-refractivity contribution is 7.92. The van der Waals surface area contributed by atoms with Crippen molar-refractivity contribution in [2.75, 3.05) is 18.9 Å². The number of methoxy groups -OCH3 is 2. The van der Waals surface area contributed by atoms with E-state index in [4.69, 9.17) is 4.74 Å². The third-order valence-corrected chi connectivity index (χ3v) is 5.95. The van der Waals surface area contributed by atoms with Crippen LogP contribution >= 0.6 is 0 Å². The van der Waals surface area contributed by atoms with Crippen LogP contribution in [0.1, 0.15) is 15.9 Å². The van der Waals surface area contributed by atoms with Crippen molar-refractivity contribution < 1.29 is 22.7 Å². The Morgan fingerprint density at radius 3 is 2.45 bits per heavy atom. The summed E-state index contributed by atoms with van der Waals surface area (Å²) < 4.78 is 39.6. The predicted octanol–water partition coefficient (Wildman–Crippen LogP) is 2.44. The van der Waals surface area contributed by atoms with E-state index in [1.54, 1.807) is 38.2 Å². The average molecular weight is 416 g/mol. The van der Waals surface area contributed by atoms with Gasteiger partial charge in [0.15, 0.2) is 0 Å². The summed E-state index contributed by atoms with van der Waals surface area (Å²) in [5.41, 5.74) is 1.63. The van der Waals surface area contributed by atoms with E-state index in [1.807, 2.05) is 0 Å². The van der Waals surface area contributed by atoms with Gasteiger partial charge < -0.3 is 14.0 Å². The van der Waals surface area contributed by atoms with Crippen molar-refractivity contribution in [2.24, 2.45) is 7.05 Å². The van der Waals surface area contributed by atoms with E-state index in [9.17, 15) is 18.0 Å². The molecule has 8 nitrogen and oxygen atoms in total. The van der Waals surface area contributed by atoms with Crippen LogP contribution in [0.25, 0.3) is 10.9 Å². The van der Waals surface area contributed by atoms with Gasteiger partial charge in [-0.2, -0.15) is 0 Å². The minimum Gasteiger partial charge on any atom is -0.495 e.